The summed E-state index contributed by atoms with van der Waals surface area (Å²) in [4.78, 5) is 28.0. The van der Waals surface area contributed by atoms with Crippen molar-refractivity contribution < 1.29 is 14.3 Å². The molecule has 1 aliphatic heterocycles. The Morgan fingerprint density at radius 2 is 1.78 bits per heavy atom. The molecule has 0 radical (unpaired) electrons. The Morgan fingerprint density at radius 3 is 2.47 bits per heavy atom. The molecule has 1 saturated heterocycles. The lowest BCUT2D eigenvalue weighted by atomic mass is 10.1. The molecule has 0 saturated carbocycles. The maximum Gasteiger partial charge on any atom is 0.338 e. The summed E-state index contributed by atoms with van der Waals surface area (Å²) in [5.74, 6) is -0.322. The van der Waals surface area contributed by atoms with Gasteiger partial charge >= 0.3 is 5.97 Å². The van der Waals surface area contributed by atoms with Crippen LogP contribution in [0.1, 0.15) is 44.9 Å². The molecule has 3 aromatic carbocycles. The number of rotatable bonds is 6. The van der Waals surface area contributed by atoms with Crippen LogP contribution >= 0.6 is 11.8 Å². The molecule has 1 amide bonds. The lowest BCUT2D eigenvalue weighted by molar-refractivity contribution is -0.126. The van der Waals surface area contributed by atoms with E-state index >= 15 is 0 Å². The number of ether oxygens (including phenoxy) is 1. The van der Waals surface area contributed by atoms with Crippen LogP contribution in [0, 0.1) is 6.92 Å². The van der Waals surface area contributed by atoms with Crippen molar-refractivity contribution in [3.8, 4) is 0 Å². The molecule has 1 aliphatic rings. The number of aryl methyl sites for hydroxylation is 1. The molecule has 3 aromatic rings. The molecule has 0 spiro atoms. The van der Waals surface area contributed by atoms with Crippen LogP contribution in [-0.4, -0.2) is 23.4 Å². The summed E-state index contributed by atoms with van der Waals surface area (Å²) in [5, 5.41) is -0.107. The highest BCUT2D eigenvalue weighted by molar-refractivity contribution is 8.04. The second-order valence-electron chi connectivity index (χ2n) is 7.65. The Hall–Kier alpha value is -3.31. The summed E-state index contributed by atoms with van der Waals surface area (Å²) in [6.45, 7) is 4.63. The smallest absolute Gasteiger partial charge is 0.338 e. The molecular weight excluding hydrogens is 418 g/mol. The van der Waals surface area contributed by atoms with E-state index in [1.807, 2.05) is 66.4 Å². The summed E-state index contributed by atoms with van der Waals surface area (Å²) in [6, 6.07) is 25.5. The fourth-order valence-electron chi connectivity index (χ4n) is 3.67. The largest absolute Gasteiger partial charge is 0.462 e. The van der Waals surface area contributed by atoms with Crippen LogP contribution in [0.3, 0.4) is 0 Å². The first kappa shape index (κ1) is 21.9. The van der Waals surface area contributed by atoms with Crippen LogP contribution in [0.15, 0.2) is 83.8 Å². The highest BCUT2D eigenvalue weighted by Gasteiger charge is 2.37. The van der Waals surface area contributed by atoms with Gasteiger partial charge in [0.05, 0.1) is 17.1 Å². The number of thioether (sulfide) groups is 1. The van der Waals surface area contributed by atoms with E-state index in [0.29, 0.717) is 18.7 Å². The van der Waals surface area contributed by atoms with Crippen LogP contribution in [0.25, 0.3) is 6.08 Å². The highest BCUT2D eigenvalue weighted by Crippen LogP contribution is 2.46. The van der Waals surface area contributed by atoms with Gasteiger partial charge in [-0.3, -0.25) is 4.79 Å². The maximum absolute atomic E-state index is 13.4. The van der Waals surface area contributed by atoms with Crippen LogP contribution < -0.4 is 0 Å². The van der Waals surface area contributed by atoms with E-state index < -0.39 is 0 Å². The van der Waals surface area contributed by atoms with Gasteiger partial charge in [0, 0.05) is 6.54 Å². The van der Waals surface area contributed by atoms with Gasteiger partial charge in [0.2, 0.25) is 0 Å². The Morgan fingerprint density at radius 1 is 1.03 bits per heavy atom. The van der Waals surface area contributed by atoms with E-state index in [4.69, 9.17) is 4.74 Å². The number of hydrogen-bond donors (Lipinski definition) is 0. The molecule has 1 heterocycles. The van der Waals surface area contributed by atoms with Crippen molar-refractivity contribution >= 4 is 29.7 Å². The molecule has 1 atom stereocenters. The molecule has 162 valence electrons. The van der Waals surface area contributed by atoms with Crippen molar-refractivity contribution in [3.63, 3.8) is 0 Å². The quantitative estimate of drug-likeness (QED) is 0.347. The fraction of sp³-hybridized carbons (Fsp3) is 0.185. The standard InChI is InChI=1S/C27H25NO3S/c1-3-31-27(30)23-14-12-20(13-15-23)18-28-25(29)24(17-21-9-7-8-19(2)16-21)32-26(28)22-10-5-4-6-11-22/h4-17,26H,3,18H2,1-2H3/b24-17-. The third-order valence-electron chi connectivity index (χ3n) is 5.24. The SMILES string of the molecule is CCOC(=O)c1ccc(CN2C(=O)/C(=C/c3cccc(C)c3)SC2c2ccccc2)cc1. The lowest BCUT2D eigenvalue weighted by Gasteiger charge is -2.24. The predicted octanol–water partition coefficient (Wildman–Crippen LogP) is 5.99. The van der Waals surface area contributed by atoms with Gasteiger partial charge in [0.25, 0.3) is 5.91 Å². The third kappa shape index (κ3) is 4.94. The normalized spacial score (nSPS) is 17.1. The minimum absolute atomic E-state index is 0.0137. The first-order valence-electron chi connectivity index (χ1n) is 10.6. The topological polar surface area (TPSA) is 46.6 Å². The van der Waals surface area contributed by atoms with E-state index in [9.17, 15) is 9.59 Å². The van der Waals surface area contributed by atoms with Crippen LogP contribution in [0.4, 0.5) is 0 Å². The first-order chi connectivity index (χ1) is 15.5. The Kier molecular flexibility index (Phi) is 6.76. The van der Waals surface area contributed by atoms with E-state index in [1.165, 1.54) is 0 Å². The van der Waals surface area contributed by atoms with Gasteiger partial charge in [-0.2, -0.15) is 0 Å². The van der Waals surface area contributed by atoms with Gasteiger partial charge in [-0.25, -0.2) is 4.79 Å². The number of carbonyl (C=O) groups excluding carboxylic acids is 2. The first-order valence-corrected chi connectivity index (χ1v) is 11.5. The highest BCUT2D eigenvalue weighted by atomic mass is 32.2. The zero-order chi connectivity index (χ0) is 22.5. The zero-order valence-corrected chi connectivity index (χ0v) is 19.0. The molecular formula is C27H25NO3S. The maximum atomic E-state index is 13.4. The number of nitrogens with zero attached hydrogens (tertiary/aromatic N) is 1. The molecule has 4 nitrogen and oxygen atoms in total. The fourth-order valence-corrected chi connectivity index (χ4v) is 4.92. The van der Waals surface area contributed by atoms with Crippen molar-refractivity contribution in [1.29, 1.82) is 0 Å². The summed E-state index contributed by atoms with van der Waals surface area (Å²) >= 11 is 1.58. The average Bonchev–Trinajstić information content (AvgIpc) is 3.10. The number of benzene rings is 3. The van der Waals surface area contributed by atoms with Crippen LogP contribution in [0.2, 0.25) is 0 Å². The van der Waals surface area contributed by atoms with Gasteiger partial charge < -0.3 is 9.64 Å². The number of hydrogen-bond acceptors (Lipinski definition) is 4. The number of esters is 1. The minimum Gasteiger partial charge on any atom is -0.462 e. The summed E-state index contributed by atoms with van der Waals surface area (Å²) in [7, 11) is 0. The van der Waals surface area contributed by atoms with Gasteiger partial charge in [0.1, 0.15) is 5.37 Å². The molecule has 0 aliphatic carbocycles. The molecule has 1 unspecified atom stereocenters. The Bertz CT molecular complexity index is 1140. The number of amides is 1. The minimum atomic E-state index is -0.336. The zero-order valence-electron chi connectivity index (χ0n) is 18.2. The second-order valence-corrected chi connectivity index (χ2v) is 8.78. The molecule has 0 N–H and O–H groups in total. The van der Waals surface area contributed by atoms with Gasteiger partial charge in [0.15, 0.2) is 0 Å². The van der Waals surface area contributed by atoms with E-state index in [1.54, 1.807) is 30.8 Å². The molecule has 0 bridgehead atoms. The summed E-state index contributed by atoms with van der Waals surface area (Å²) in [5.41, 5.74) is 4.74. The Balaban J connectivity index is 1.62. The van der Waals surface area contributed by atoms with Crippen LogP contribution in [0.5, 0.6) is 0 Å². The Labute approximate surface area is 192 Å². The van der Waals surface area contributed by atoms with Crippen molar-refractivity contribution in [2.24, 2.45) is 0 Å². The van der Waals surface area contributed by atoms with Gasteiger partial charge in [-0.05, 0) is 48.7 Å². The predicted molar refractivity (Wildman–Crippen MR) is 129 cm³/mol. The average molecular weight is 444 g/mol. The van der Waals surface area contributed by atoms with Crippen molar-refractivity contribution in [2.75, 3.05) is 6.61 Å². The number of carbonyl (C=O) groups is 2. The van der Waals surface area contributed by atoms with Gasteiger partial charge in [-0.15, -0.1) is 0 Å². The molecule has 5 heteroatoms. The molecule has 0 aromatic heterocycles. The summed E-state index contributed by atoms with van der Waals surface area (Å²) < 4.78 is 5.06. The second kappa shape index (κ2) is 9.88. The van der Waals surface area contributed by atoms with Gasteiger partial charge in [-0.1, -0.05) is 84.1 Å². The molecule has 32 heavy (non-hydrogen) atoms. The summed E-state index contributed by atoms with van der Waals surface area (Å²) in [6.07, 6.45) is 1.97. The van der Waals surface area contributed by atoms with Crippen molar-refractivity contribution in [2.45, 2.75) is 25.8 Å². The van der Waals surface area contributed by atoms with Crippen molar-refractivity contribution in [3.05, 3.63) is 112 Å². The van der Waals surface area contributed by atoms with E-state index in [2.05, 4.69) is 18.2 Å². The van der Waals surface area contributed by atoms with Crippen LogP contribution in [-0.2, 0) is 16.1 Å². The van der Waals surface area contributed by atoms with E-state index in [-0.39, 0.29) is 17.3 Å². The van der Waals surface area contributed by atoms with Crippen molar-refractivity contribution in [1.82, 2.24) is 4.90 Å². The van der Waals surface area contributed by atoms with E-state index in [0.717, 1.165) is 27.2 Å². The lowest BCUT2D eigenvalue weighted by Crippen LogP contribution is -2.27. The third-order valence-corrected chi connectivity index (χ3v) is 6.53. The molecule has 1 fully saturated rings. The monoisotopic (exact) mass is 443 g/mol. The molecule has 4 rings (SSSR count).